The molecule has 0 fully saturated rings. The molecule has 0 amide bonds. The average molecular weight is 275 g/mol. The van der Waals surface area contributed by atoms with Crippen molar-refractivity contribution in [1.29, 1.82) is 5.26 Å². The van der Waals surface area contributed by atoms with Crippen LogP contribution in [0.25, 0.3) is 0 Å². The van der Waals surface area contributed by atoms with Crippen LogP contribution in [0, 0.1) is 11.3 Å². The van der Waals surface area contributed by atoms with Crippen molar-refractivity contribution in [3.05, 3.63) is 41.0 Å². The summed E-state index contributed by atoms with van der Waals surface area (Å²) in [4.78, 5) is 4.09. The summed E-state index contributed by atoms with van der Waals surface area (Å²) in [6, 6.07) is 8.77. The molecular weight excluding hydrogens is 264 g/mol. The Hall–Kier alpha value is -2.45. The maximum absolute atomic E-state index is 8.90. The van der Waals surface area contributed by atoms with Crippen LogP contribution in [0.2, 0.25) is 5.02 Å². The van der Waals surface area contributed by atoms with Crippen LogP contribution in [-0.2, 0) is 0 Å². The summed E-state index contributed by atoms with van der Waals surface area (Å²) in [6.45, 7) is 0. The van der Waals surface area contributed by atoms with Crippen molar-refractivity contribution < 1.29 is 4.74 Å². The molecule has 6 heteroatoms. The lowest BCUT2D eigenvalue weighted by atomic mass is 10.2. The summed E-state index contributed by atoms with van der Waals surface area (Å²) in [7, 11) is 1.55. The van der Waals surface area contributed by atoms with Crippen molar-refractivity contribution >= 4 is 28.8 Å². The Kier molecular flexibility index (Phi) is 3.74. The van der Waals surface area contributed by atoms with Gasteiger partial charge in [-0.3, -0.25) is 0 Å². The van der Waals surface area contributed by atoms with Crippen molar-refractivity contribution in [3.63, 3.8) is 0 Å². The number of benzene rings is 1. The van der Waals surface area contributed by atoms with Crippen LogP contribution in [0.4, 0.5) is 17.2 Å². The summed E-state index contributed by atoms with van der Waals surface area (Å²) in [5, 5.41) is 12.4. The quantitative estimate of drug-likeness (QED) is 0.899. The number of nitrogens with two attached hydrogens (primary N) is 1. The fourth-order valence-corrected chi connectivity index (χ4v) is 1.81. The number of nitrogen functional groups attached to an aromatic ring is 1. The molecule has 2 rings (SSSR count). The van der Waals surface area contributed by atoms with E-state index in [-0.39, 0.29) is 0 Å². The highest BCUT2D eigenvalue weighted by atomic mass is 35.5. The SMILES string of the molecule is COc1ccc(Nc2nccc(C#N)c2N)cc1Cl. The number of hydrogen-bond acceptors (Lipinski definition) is 5. The van der Waals surface area contributed by atoms with Crippen LogP contribution < -0.4 is 15.8 Å². The first kappa shape index (κ1) is 13.0. The summed E-state index contributed by atoms with van der Waals surface area (Å²) in [5.74, 6) is 0.999. The minimum absolute atomic E-state index is 0.303. The first-order valence-electron chi connectivity index (χ1n) is 5.41. The van der Waals surface area contributed by atoms with E-state index in [1.54, 1.807) is 31.4 Å². The zero-order valence-corrected chi connectivity index (χ0v) is 10.9. The van der Waals surface area contributed by atoms with Gasteiger partial charge in [-0.2, -0.15) is 5.26 Å². The van der Waals surface area contributed by atoms with E-state index in [9.17, 15) is 0 Å². The summed E-state index contributed by atoms with van der Waals surface area (Å²) >= 11 is 6.03. The number of halogens is 1. The number of hydrogen-bond donors (Lipinski definition) is 2. The Morgan fingerprint density at radius 1 is 1.42 bits per heavy atom. The van der Waals surface area contributed by atoms with E-state index in [1.165, 1.54) is 6.20 Å². The monoisotopic (exact) mass is 274 g/mol. The molecule has 1 aromatic carbocycles. The van der Waals surface area contributed by atoms with Gasteiger partial charge in [-0.1, -0.05) is 11.6 Å². The van der Waals surface area contributed by atoms with Crippen molar-refractivity contribution in [2.24, 2.45) is 0 Å². The number of rotatable bonds is 3. The third kappa shape index (κ3) is 2.69. The lowest BCUT2D eigenvalue weighted by Gasteiger charge is -2.10. The maximum atomic E-state index is 8.90. The topological polar surface area (TPSA) is 84.0 Å². The molecule has 0 saturated heterocycles. The largest absolute Gasteiger partial charge is 0.495 e. The highest BCUT2D eigenvalue weighted by Gasteiger charge is 2.07. The van der Waals surface area contributed by atoms with Gasteiger partial charge in [0.25, 0.3) is 0 Å². The van der Waals surface area contributed by atoms with E-state index in [4.69, 9.17) is 27.3 Å². The third-order valence-corrected chi connectivity index (χ3v) is 2.82. The Bertz CT molecular complexity index is 652. The Balaban J connectivity index is 2.32. The predicted octanol–water partition coefficient (Wildman–Crippen LogP) is 2.94. The minimum atomic E-state index is 0.303. The van der Waals surface area contributed by atoms with Crippen molar-refractivity contribution in [1.82, 2.24) is 4.98 Å². The molecule has 19 heavy (non-hydrogen) atoms. The molecule has 1 aromatic heterocycles. The van der Waals surface area contributed by atoms with Gasteiger partial charge in [-0.05, 0) is 24.3 Å². The van der Waals surface area contributed by atoms with Crippen LogP contribution in [0.15, 0.2) is 30.5 Å². The van der Waals surface area contributed by atoms with Crippen LogP contribution in [0.3, 0.4) is 0 Å². The zero-order chi connectivity index (χ0) is 13.8. The second-order valence-electron chi connectivity index (χ2n) is 3.71. The summed E-state index contributed by atoms with van der Waals surface area (Å²) in [6.07, 6.45) is 1.52. The lowest BCUT2D eigenvalue weighted by molar-refractivity contribution is 0.415. The van der Waals surface area contributed by atoms with E-state index in [1.807, 2.05) is 6.07 Å². The average Bonchev–Trinajstić information content (AvgIpc) is 2.41. The Labute approximate surface area is 115 Å². The molecule has 2 aromatic rings. The van der Waals surface area contributed by atoms with Crippen LogP contribution in [-0.4, -0.2) is 12.1 Å². The zero-order valence-electron chi connectivity index (χ0n) is 10.1. The Morgan fingerprint density at radius 2 is 2.21 bits per heavy atom. The first-order chi connectivity index (χ1) is 9.15. The predicted molar refractivity (Wildman–Crippen MR) is 74.7 cm³/mol. The Morgan fingerprint density at radius 3 is 2.84 bits per heavy atom. The van der Waals surface area contributed by atoms with Gasteiger partial charge in [0.2, 0.25) is 0 Å². The molecule has 0 saturated carbocycles. The molecule has 0 radical (unpaired) electrons. The van der Waals surface area contributed by atoms with Gasteiger partial charge in [-0.25, -0.2) is 4.98 Å². The highest BCUT2D eigenvalue weighted by Crippen LogP contribution is 2.30. The molecule has 5 nitrogen and oxygen atoms in total. The number of nitriles is 1. The fourth-order valence-electron chi connectivity index (χ4n) is 1.55. The van der Waals surface area contributed by atoms with Crippen molar-refractivity contribution in [2.45, 2.75) is 0 Å². The molecule has 0 aliphatic heterocycles. The summed E-state index contributed by atoms with van der Waals surface area (Å²) < 4.78 is 5.07. The highest BCUT2D eigenvalue weighted by molar-refractivity contribution is 6.32. The number of aromatic nitrogens is 1. The second-order valence-corrected chi connectivity index (χ2v) is 4.11. The molecule has 0 atom stereocenters. The second kappa shape index (κ2) is 5.46. The van der Waals surface area contributed by atoms with Gasteiger partial charge in [0.1, 0.15) is 11.8 Å². The molecular formula is C13H11ClN4O. The third-order valence-electron chi connectivity index (χ3n) is 2.53. The molecule has 0 spiro atoms. The lowest BCUT2D eigenvalue weighted by Crippen LogP contribution is -2.01. The number of anilines is 3. The minimum Gasteiger partial charge on any atom is -0.495 e. The van der Waals surface area contributed by atoms with Gasteiger partial charge >= 0.3 is 0 Å². The number of nitrogens with one attached hydrogen (secondary N) is 1. The van der Waals surface area contributed by atoms with Crippen molar-refractivity contribution in [3.8, 4) is 11.8 Å². The van der Waals surface area contributed by atoms with E-state index in [0.29, 0.717) is 33.5 Å². The molecule has 0 bridgehead atoms. The standard InChI is InChI=1S/C13H11ClN4O/c1-19-11-3-2-9(6-10(11)14)18-13-12(16)8(7-15)4-5-17-13/h2-6H,16H2,1H3,(H,17,18). The normalized spacial score (nSPS) is 9.74. The number of pyridine rings is 1. The van der Waals surface area contributed by atoms with Gasteiger partial charge in [0.15, 0.2) is 5.82 Å². The van der Waals surface area contributed by atoms with E-state index < -0.39 is 0 Å². The first-order valence-corrected chi connectivity index (χ1v) is 5.78. The molecule has 0 unspecified atom stereocenters. The number of ether oxygens (including phenoxy) is 1. The van der Waals surface area contributed by atoms with Gasteiger partial charge in [0, 0.05) is 11.9 Å². The summed E-state index contributed by atoms with van der Waals surface area (Å²) in [5.41, 5.74) is 7.21. The van der Waals surface area contributed by atoms with E-state index >= 15 is 0 Å². The van der Waals surface area contributed by atoms with Gasteiger partial charge in [-0.15, -0.1) is 0 Å². The molecule has 0 aliphatic rings. The van der Waals surface area contributed by atoms with E-state index in [2.05, 4.69) is 10.3 Å². The van der Waals surface area contributed by atoms with Crippen molar-refractivity contribution in [2.75, 3.05) is 18.2 Å². The molecule has 3 N–H and O–H groups in total. The number of methoxy groups -OCH3 is 1. The van der Waals surface area contributed by atoms with Crippen LogP contribution in [0.1, 0.15) is 5.56 Å². The maximum Gasteiger partial charge on any atom is 0.154 e. The fraction of sp³-hybridized carbons (Fsp3) is 0.0769. The molecule has 96 valence electrons. The molecule has 0 aliphatic carbocycles. The van der Waals surface area contributed by atoms with Crippen LogP contribution in [0.5, 0.6) is 5.75 Å². The van der Waals surface area contributed by atoms with Gasteiger partial charge in [0.05, 0.1) is 23.4 Å². The van der Waals surface area contributed by atoms with E-state index in [0.717, 1.165) is 0 Å². The van der Waals surface area contributed by atoms with Crippen LogP contribution >= 0.6 is 11.6 Å². The smallest absolute Gasteiger partial charge is 0.154 e. The molecule has 1 heterocycles. The number of nitrogens with zero attached hydrogens (tertiary/aromatic N) is 2. The van der Waals surface area contributed by atoms with Gasteiger partial charge < -0.3 is 15.8 Å².